The van der Waals surface area contributed by atoms with Crippen LogP contribution in [0.4, 0.5) is 0 Å². The van der Waals surface area contributed by atoms with E-state index in [0.29, 0.717) is 0 Å². The van der Waals surface area contributed by atoms with Crippen LogP contribution in [0.5, 0.6) is 0 Å². The lowest BCUT2D eigenvalue weighted by atomic mass is 10.5. The fraction of sp³-hybridized carbons (Fsp3) is 1.00. The van der Waals surface area contributed by atoms with E-state index < -0.39 is 0 Å². The summed E-state index contributed by atoms with van der Waals surface area (Å²) in [7, 11) is 3.78. The summed E-state index contributed by atoms with van der Waals surface area (Å²) in [6.07, 6.45) is 1.14. The van der Waals surface area contributed by atoms with Crippen molar-refractivity contribution in [3.8, 4) is 0 Å². The Morgan fingerprint density at radius 1 is 1.50 bits per heavy atom. The Morgan fingerprint density at radius 2 is 2.12 bits per heavy atom. The van der Waals surface area contributed by atoms with Crippen molar-refractivity contribution in [3.63, 3.8) is 0 Å². The maximum Gasteiger partial charge on any atom is 0.238 e. The van der Waals surface area contributed by atoms with Crippen molar-refractivity contribution in [2.75, 3.05) is 20.7 Å². The zero-order valence-electron chi connectivity index (χ0n) is 5.98. The molecule has 0 aromatic carbocycles. The molecule has 0 aromatic rings. The van der Waals surface area contributed by atoms with Crippen molar-refractivity contribution in [1.29, 1.82) is 0 Å². The second-order valence-electron chi connectivity index (χ2n) is 2.12. The zero-order chi connectivity index (χ0) is 6.41. The van der Waals surface area contributed by atoms with Gasteiger partial charge in [-0.25, -0.2) is 0 Å². The van der Waals surface area contributed by atoms with E-state index in [1.54, 1.807) is 0 Å². The van der Waals surface area contributed by atoms with Crippen molar-refractivity contribution in [1.82, 2.24) is 4.57 Å². The maximum atomic E-state index is 5.31. The molecule has 0 heterocycles. The molecule has 0 bridgehead atoms. The number of hydrogen-bond acceptors (Lipinski definition) is 2. The minimum absolute atomic E-state index is 0.332. The highest BCUT2D eigenvalue weighted by Gasteiger charge is 1.87. The van der Waals surface area contributed by atoms with Crippen LogP contribution >= 0.6 is 0 Å². The Kier molecular flexibility index (Phi) is 5.37. The van der Waals surface area contributed by atoms with E-state index in [-0.39, 0.29) is 9.92 Å². The summed E-state index contributed by atoms with van der Waals surface area (Å²) in [5.41, 5.74) is 0. The molecule has 0 aliphatic heterocycles. The molecule has 0 saturated heterocycles. The van der Waals surface area contributed by atoms with Gasteiger partial charge in [-0.05, 0) is 20.5 Å². The average molecular weight is 133 g/mol. The van der Waals surface area contributed by atoms with Crippen LogP contribution in [-0.2, 0) is 4.43 Å². The summed E-state index contributed by atoms with van der Waals surface area (Å²) < 4.78 is 7.46. The fourth-order valence-electron chi connectivity index (χ4n) is 0.391. The van der Waals surface area contributed by atoms with Gasteiger partial charge in [0.25, 0.3) is 0 Å². The normalized spacial score (nSPS) is 12.0. The molecule has 2 nitrogen and oxygen atoms in total. The SMILES string of the molecule is CCCO[SiH2]N(C)C. The third-order valence-corrected chi connectivity index (χ3v) is 1.69. The first-order chi connectivity index (χ1) is 3.77. The Labute approximate surface area is 53.9 Å². The van der Waals surface area contributed by atoms with Gasteiger partial charge >= 0.3 is 0 Å². The standard InChI is InChI=1S/C5H15NOSi/c1-4-5-7-8-6(2)3/h4-5,8H2,1-3H3. The van der Waals surface area contributed by atoms with Gasteiger partial charge in [-0.1, -0.05) is 6.92 Å². The van der Waals surface area contributed by atoms with Crippen LogP contribution in [0.15, 0.2) is 0 Å². The van der Waals surface area contributed by atoms with E-state index in [1.807, 2.05) is 0 Å². The summed E-state index contributed by atoms with van der Waals surface area (Å²) in [6, 6.07) is 0. The first kappa shape index (κ1) is 8.14. The van der Waals surface area contributed by atoms with Crippen LogP contribution in [0.3, 0.4) is 0 Å². The van der Waals surface area contributed by atoms with E-state index >= 15 is 0 Å². The minimum atomic E-state index is -0.332. The van der Waals surface area contributed by atoms with Crippen molar-refractivity contribution in [2.24, 2.45) is 0 Å². The quantitative estimate of drug-likeness (QED) is 0.394. The molecule has 0 unspecified atom stereocenters. The molecule has 50 valence electrons. The lowest BCUT2D eigenvalue weighted by Crippen LogP contribution is -2.20. The smallest absolute Gasteiger partial charge is 0.238 e. The number of nitrogens with zero attached hydrogens (tertiary/aromatic N) is 1. The van der Waals surface area contributed by atoms with Crippen molar-refractivity contribution in [2.45, 2.75) is 13.3 Å². The first-order valence-corrected chi connectivity index (χ1v) is 4.20. The third-order valence-electron chi connectivity index (χ3n) is 0.698. The van der Waals surface area contributed by atoms with Gasteiger partial charge in [-0.3, -0.25) is 0 Å². The van der Waals surface area contributed by atoms with Gasteiger partial charge in [0.1, 0.15) is 0 Å². The van der Waals surface area contributed by atoms with Gasteiger partial charge in [0, 0.05) is 6.61 Å². The van der Waals surface area contributed by atoms with Crippen LogP contribution in [-0.4, -0.2) is 35.2 Å². The van der Waals surface area contributed by atoms with E-state index in [4.69, 9.17) is 4.43 Å². The Balaban J connectivity index is 2.72. The van der Waals surface area contributed by atoms with Gasteiger partial charge in [0.05, 0.1) is 0 Å². The molecule has 0 fully saturated rings. The largest absolute Gasteiger partial charge is 0.408 e. The van der Waals surface area contributed by atoms with Crippen LogP contribution in [0.1, 0.15) is 13.3 Å². The lowest BCUT2D eigenvalue weighted by Gasteiger charge is -2.07. The molecule has 8 heavy (non-hydrogen) atoms. The van der Waals surface area contributed by atoms with E-state index in [9.17, 15) is 0 Å². The third kappa shape index (κ3) is 6.14. The van der Waals surface area contributed by atoms with Gasteiger partial charge < -0.3 is 8.99 Å². The molecule has 0 rings (SSSR count). The molecule has 0 saturated carbocycles. The highest BCUT2D eigenvalue weighted by molar-refractivity contribution is 6.22. The highest BCUT2D eigenvalue weighted by Crippen LogP contribution is 1.77. The summed E-state index contributed by atoms with van der Waals surface area (Å²) in [4.78, 5) is 0. The predicted octanol–water partition coefficient (Wildman–Crippen LogP) is -0.0266. The molecule has 3 heteroatoms. The highest BCUT2D eigenvalue weighted by atomic mass is 28.2. The Hall–Kier alpha value is 0.137. The molecule has 0 radical (unpaired) electrons. The number of hydrogen-bond donors (Lipinski definition) is 0. The molecule has 0 atom stereocenters. The summed E-state index contributed by atoms with van der Waals surface area (Å²) >= 11 is 0. The van der Waals surface area contributed by atoms with Gasteiger partial charge in [0.2, 0.25) is 9.92 Å². The summed E-state index contributed by atoms with van der Waals surface area (Å²) in [5.74, 6) is 0. The van der Waals surface area contributed by atoms with Crippen molar-refractivity contribution >= 4 is 9.92 Å². The summed E-state index contributed by atoms with van der Waals surface area (Å²) in [5, 5.41) is 0. The van der Waals surface area contributed by atoms with E-state index in [1.165, 1.54) is 0 Å². The monoisotopic (exact) mass is 133 g/mol. The molecule has 0 N–H and O–H groups in total. The summed E-state index contributed by atoms with van der Waals surface area (Å²) in [6.45, 7) is 3.06. The molecular formula is C5H15NOSi. The maximum absolute atomic E-state index is 5.31. The molecular weight excluding hydrogens is 118 g/mol. The van der Waals surface area contributed by atoms with Gasteiger partial charge in [-0.2, -0.15) is 0 Å². The fourth-order valence-corrected chi connectivity index (χ4v) is 1.17. The number of rotatable bonds is 4. The second-order valence-corrected chi connectivity index (χ2v) is 4.05. The molecule has 0 aliphatic rings. The van der Waals surface area contributed by atoms with Crippen LogP contribution in [0.25, 0.3) is 0 Å². The van der Waals surface area contributed by atoms with Gasteiger partial charge in [0.15, 0.2) is 0 Å². The minimum Gasteiger partial charge on any atom is -0.408 e. The average Bonchev–Trinajstić information content (AvgIpc) is 1.66. The van der Waals surface area contributed by atoms with Gasteiger partial charge in [-0.15, -0.1) is 0 Å². The van der Waals surface area contributed by atoms with E-state index in [2.05, 4.69) is 25.6 Å². The topological polar surface area (TPSA) is 12.5 Å². The lowest BCUT2D eigenvalue weighted by molar-refractivity contribution is 0.305. The zero-order valence-corrected chi connectivity index (χ0v) is 7.39. The van der Waals surface area contributed by atoms with E-state index in [0.717, 1.165) is 13.0 Å². The van der Waals surface area contributed by atoms with Crippen LogP contribution < -0.4 is 0 Å². The second kappa shape index (κ2) is 5.28. The molecule has 0 amide bonds. The molecule has 0 aliphatic carbocycles. The van der Waals surface area contributed by atoms with Crippen molar-refractivity contribution in [3.05, 3.63) is 0 Å². The van der Waals surface area contributed by atoms with Crippen molar-refractivity contribution < 1.29 is 4.43 Å². The first-order valence-electron chi connectivity index (χ1n) is 3.00. The predicted molar refractivity (Wildman–Crippen MR) is 38.5 cm³/mol. The van der Waals surface area contributed by atoms with Crippen LogP contribution in [0.2, 0.25) is 0 Å². The molecule has 0 aromatic heterocycles. The molecule has 0 spiro atoms. The Bertz CT molecular complexity index is 49.7. The van der Waals surface area contributed by atoms with Crippen LogP contribution in [0, 0.1) is 0 Å². The Morgan fingerprint density at radius 3 is 2.50 bits per heavy atom.